The topological polar surface area (TPSA) is 141 Å². The minimum atomic E-state index is -5.15. The number of rotatable bonds is 4. The van der Waals surface area contributed by atoms with E-state index < -0.39 is 20.2 Å². The van der Waals surface area contributed by atoms with Gasteiger partial charge in [-0.2, -0.15) is 0 Å². The van der Waals surface area contributed by atoms with Gasteiger partial charge in [0.05, 0.1) is 0 Å². The maximum atomic E-state index is 10.8. The molecule has 0 aromatic rings. The Labute approximate surface area is 68.7 Å². The van der Waals surface area contributed by atoms with Crippen LogP contribution in [0, 0.1) is 0 Å². The summed E-state index contributed by atoms with van der Waals surface area (Å²) in [4.78, 5) is 25.4. The minimum absolute atomic E-state index is 0.119. The predicted molar refractivity (Wildman–Crippen MR) is 41.5 cm³/mol. The highest BCUT2D eigenvalue weighted by Gasteiger charge is 2.46. The molecule has 0 saturated heterocycles. The molecule has 0 bridgehead atoms. The largest absolute Gasteiger partial charge is 0.409 e. The van der Waals surface area contributed by atoms with Crippen LogP contribution in [-0.2, 0) is 9.13 Å². The third kappa shape index (κ3) is 2.64. The maximum absolute atomic E-state index is 10.8. The summed E-state index contributed by atoms with van der Waals surface area (Å²) < 4.78 is 21.2. The lowest BCUT2D eigenvalue weighted by Gasteiger charge is -2.17. The highest BCUT2D eigenvalue weighted by atomic mass is 32.1. The van der Waals surface area contributed by atoms with Gasteiger partial charge in [-0.05, 0) is 13.0 Å². The van der Waals surface area contributed by atoms with Crippen molar-refractivity contribution in [1.29, 1.82) is 0 Å². The standard InChI is InChI=1S/C3H11NO6P2/c4-2-1-3(5)11(6,7)12(8,9)10/h3,5H,1-2,4H2,(H,6,7)(H2,8,9,10). The zero-order valence-electron chi connectivity index (χ0n) is 6.07. The molecule has 9 heteroatoms. The van der Waals surface area contributed by atoms with Crippen molar-refractivity contribution in [2.24, 2.45) is 5.73 Å². The Morgan fingerprint density at radius 3 is 1.92 bits per heavy atom. The minimum Gasteiger partial charge on any atom is -0.382 e. The van der Waals surface area contributed by atoms with Crippen molar-refractivity contribution in [3.8, 4) is 0 Å². The van der Waals surface area contributed by atoms with Crippen LogP contribution in [0.25, 0.3) is 0 Å². The van der Waals surface area contributed by atoms with E-state index in [4.69, 9.17) is 25.5 Å². The normalized spacial score (nSPS) is 20.1. The van der Waals surface area contributed by atoms with Gasteiger partial charge in [0.15, 0.2) is 0 Å². The average Bonchev–Trinajstić information content (AvgIpc) is 1.85. The van der Waals surface area contributed by atoms with E-state index >= 15 is 0 Å². The Balaban J connectivity index is 4.63. The van der Waals surface area contributed by atoms with Gasteiger partial charge in [-0.25, -0.2) is 4.57 Å². The van der Waals surface area contributed by atoms with Gasteiger partial charge in [-0.3, -0.25) is 4.57 Å². The quantitative estimate of drug-likeness (QED) is 0.382. The fourth-order valence-electron chi connectivity index (χ4n) is 0.491. The molecular formula is C3H11NO6P2. The third-order valence-corrected chi connectivity index (χ3v) is 6.01. The van der Waals surface area contributed by atoms with Gasteiger partial charge in [-0.1, -0.05) is 0 Å². The molecule has 0 aromatic carbocycles. The van der Waals surface area contributed by atoms with Gasteiger partial charge in [0.25, 0.3) is 0 Å². The van der Waals surface area contributed by atoms with Crippen LogP contribution in [0.1, 0.15) is 6.42 Å². The van der Waals surface area contributed by atoms with E-state index in [9.17, 15) is 9.13 Å². The van der Waals surface area contributed by atoms with Crippen molar-refractivity contribution in [1.82, 2.24) is 0 Å². The van der Waals surface area contributed by atoms with E-state index in [-0.39, 0.29) is 13.0 Å². The maximum Gasteiger partial charge on any atom is 0.409 e. The van der Waals surface area contributed by atoms with Gasteiger partial charge in [0, 0.05) is 0 Å². The smallest absolute Gasteiger partial charge is 0.382 e. The predicted octanol–water partition coefficient (Wildman–Crippen LogP) is -0.983. The van der Waals surface area contributed by atoms with Gasteiger partial charge in [-0.15, -0.1) is 0 Å². The summed E-state index contributed by atoms with van der Waals surface area (Å²) >= 11 is 0. The van der Waals surface area contributed by atoms with Crippen molar-refractivity contribution in [3.63, 3.8) is 0 Å². The number of aliphatic hydroxyl groups is 1. The second-order valence-electron chi connectivity index (χ2n) is 2.16. The van der Waals surface area contributed by atoms with E-state index in [2.05, 4.69) is 0 Å². The SMILES string of the molecule is NCCC(O)P(=O)(O)P(=O)(O)O. The number of nitrogens with two attached hydrogens (primary N) is 1. The molecule has 7 nitrogen and oxygen atoms in total. The van der Waals surface area contributed by atoms with Crippen molar-refractivity contribution >= 4 is 14.3 Å². The van der Waals surface area contributed by atoms with E-state index in [0.717, 1.165) is 0 Å². The Morgan fingerprint density at radius 2 is 1.67 bits per heavy atom. The second kappa shape index (κ2) is 3.98. The van der Waals surface area contributed by atoms with Crippen LogP contribution in [0.3, 0.4) is 0 Å². The van der Waals surface area contributed by atoms with Crippen LogP contribution < -0.4 is 5.73 Å². The van der Waals surface area contributed by atoms with Crippen LogP contribution in [0.2, 0.25) is 0 Å². The zero-order valence-corrected chi connectivity index (χ0v) is 7.86. The molecule has 0 aliphatic heterocycles. The average molecular weight is 219 g/mol. The van der Waals surface area contributed by atoms with Crippen molar-refractivity contribution in [2.45, 2.75) is 12.3 Å². The van der Waals surface area contributed by atoms with E-state index in [1.807, 2.05) is 0 Å². The molecule has 0 rings (SSSR count). The molecule has 6 N–H and O–H groups in total. The Morgan fingerprint density at radius 1 is 1.25 bits per heavy atom. The fraction of sp³-hybridized carbons (Fsp3) is 1.00. The monoisotopic (exact) mass is 219 g/mol. The van der Waals surface area contributed by atoms with E-state index in [1.54, 1.807) is 0 Å². The Hall–Kier alpha value is 0.260. The zero-order chi connectivity index (χ0) is 9.99. The fourth-order valence-corrected chi connectivity index (χ4v) is 2.71. The van der Waals surface area contributed by atoms with Gasteiger partial charge >= 0.3 is 14.3 Å². The van der Waals surface area contributed by atoms with E-state index in [0.29, 0.717) is 0 Å². The van der Waals surface area contributed by atoms with Crippen molar-refractivity contribution in [2.75, 3.05) is 6.54 Å². The van der Waals surface area contributed by atoms with Crippen LogP contribution in [0.15, 0.2) is 0 Å². The van der Waals surface area contributed by atoms with Crippen LogP contribution in [0.4, 0.5) is 0 Å². The Kier molecular flexibility index (Phi) is 4.07. The van der Waals surface area contributed by atoms with Crippen LogP contribution in [0.5, 0.6) is 0 Å². The first kappa shape index (κ1) is 12.3. The number of aliphatic hydroxyl groups excluding tert-OH is 1. The molecule has 0 aliphatic carbocycles. The third-order valence-electron chi connectivity index (χ3n) is 1.19. The molecule has 0 spiro atoms. The molecule has 0 aromatic heterocycles. The lowest BCUT2D eigenvalue weighted by Crippen LogP contribution is -2.13. The summed E-state index contributed by atoms with van der Waals surface area (Å²) in [6.07, 6.45) is -0.321. The molecule has 2 unspecified atom stereocenters. The summed E-state index contributed by atoms with van der Waals surface area (Å²) in [7, 11) is -9.99. The molecule has 0 fully saturated rings. The van der Waals surface area contributed by atoms with Gasteiger partial charge in [0.1, 0.15) is 5.85 Å². The number of hydrogen-bond donors (Lipinski definition) is 5. The van der Waals surface area contributed by atoms with Crippen LogP contribution >= 0.6 is 14.3 Å². The van der Waals surface area contributed by atoms with Crippen molar-refractivity contribution in [3.05, 3.63) is 0 Å². The van der Waals surface area contributed by atoms with Gasteiger partial charge in [0.2, 0.25) is 0 Å². The second-order valence-corrected chi connectivity index (χ2v) is 8.24. The van der Waals surface area contributed by atoms with Crippen LogP contribution in [-0.4, -0.2) is 32.2 Å². The summed E-state index contributed by atoms with van der Waals surface area (Å²) in [6, 6.07) is 0. The molecular weight excluding hydrogens is 208 g/mol. The Bertz CT molecular complexity index is 235. The first-order valence-electron chi connectivity index (χ1n) is 3.00. The molecule has 0 amide bonds. The number of hydrogen-bond acceptors (Lipinski definition) is 4. The lowest BCUT2D eigenvalue weighted by atomic mass is 10.5. The first-order valence-corrected chi connectivity index (χ1v) is 7.04. The molecule has 2 atom stereocenters. The molecule has 0 radical (unpaired) electrons. The molecule has 0 heterocycles. The van der Waals surface area contributed by atoms with Gasteiger partial charge < -0.3 is 25.5 Å². The molecule has 12 heavy (non-hydrogen) atoms. The molecule has 0 saturated carbocycles. The molecule has 0 aliphatic rings. The molecule has 74 valence electrons. The lowest BCUT2D eigenvalue weighted by molar-refractivity contribution is 0.224. The first-order chi connectivity index (χ1) is 5.23. The highest BCUT2D eigenvalue weighted by Crippen LogP contribution is 2.76. The summed E-state index contributed by atoms with van der Waals surface area (Å²) in [5.41, 5.74) is 4.92. The van der Waals surface area contributed by atoms with Crippen molar-refractivity contribution < 1.29 is 28.9 Å². The highest BCUT2D eigenvalue weighted by molar-refractivity contribution is 8.28. The summed E-state index contributed by atoms with van der Waals surface area (Å²) in [5.74, 6) is -1.96. The van der Waals surface area contributed by atoms with E-state index in [1.165, 1.54) is 0 Å². The summed E-state index contributed by atoms with van der Waals surface area (Å²) in [6.45, 7) is -0.119. The summed E-state index contributed by atoms with van der Waals surface area (Å²) in [5, 5.41) is 8.83.